The van der Waals surface area contributed by atoms with E-state index in [-0.39, 0.29) is 11.9 Å². The van der Waals surface area contributed by atoms with Crippen molar-refractivity contribution < 1.29 is 14.3 Å². The van der Waals surface area contributed by atoms with Crippen LogP contribution in [0.3, 0.4) is 0 Å². The largest absolute Gasteiger partial charge is 0.465 e. The molecule has 0 saturated heterocycles. The highest BCUT2D eigenvalue weighted by atomic mass is 32.2. The second kappa shape index (κ2) is 8.61. The van der Waals surface area contributed by atoms with Crippen LogP contribution in [-0.2, 0) is 15.3 Å². The van der Waals surface area contributed by atoms with Gasteiger partial charge in [0, 0.05) is 12.2 Å². The van der Waals surface area contributed by atoms with Gasteiger partial charge in [-0.15, -0.1) is 10.2 Å². The van der Waals surface area contributed by atoms with Gasteiger partial charge in [-0.05, 0) is 54.7 Å². The summed E-state index contributed by atoms with van der Waals surface area (Å²) in [5.74, 6) is 2.59. The quantitative estimate of drug-likeness (QED) is 0.409. The van der Waals surface area contributed by atoms with Gasteiger partial charge in [-0.1, -0.05) is 41.7 Å². The molecular weight excluding hydrogens is 394 g/mol. The smallest absolute Gasteiger partial charge is 0.337 e. The molecule has 4 rings (SSSR count). The van der Waals surface area contributed by atoms with Crippen molar-refractivity contribution in [2.24, 2.45) is 17.8 Å². The van der Waals surface area contributed by atoms with E-state index in [1.54, 1.807) is 23.9 Å². The fourth-order valence-electron chi connectivity index (χ4n) is 4.35. The van der Waals surface area contributed by atoms with Crippen molar-refractivity contribution in [2.45, 2.75) is 42.2 Å². The van der Waals surface area contributed by atoms with Crippen LogP contribution in [0.25, 0.3) is 0 Å². The number of anilines is 1. The van der Waals surface area contributed by atoms with E-state index in [1.807, 2.05) is 12.1 Å². The molecule has 148 valence electrons. The molecule has 1 heterocycles. The van der Waals surface area contributed by atoms with Gasteiger partial charge >= 0.3 is 5.97 Å². The molecule has 8 heteroatoms. The number of nitrogens with one attached hydrogen (secondary N) is 1. The van der Waals surface area contributed by atoms with Crippen LogP contribution in [0, 0.1) is 17.8 Å². The van der Waals surface area contributed by atoms with Crippen molar-refractivity contribution in [1.29, 1.82) is 0 Å². The number of hydrogen-bond acceptors (Lipinski definition) is 7. The zero-order valence-corrected chi connectivity index (χ0v) is 17.4. The number of rotatable bonds is 7. The summed E-state index contributed by atoms with van der Waals surface area (Å²) in [6.07, 6.45) is 5.78. The summed E-state index contributed by atoms with van der Waals surface area (Å²) < 4.78 is 5.51. The summed E-state index contributed by atoms with van der Waals surface area (Å²) in [6.45, 7) is 0. The van der Waals surface area contributed by atoms with Crippen molar-refractivity contribution in [1.82, 2.24) is 10.2 Å². The normalized spacial score (nSPS) is 23.0. The van der Waals surface area contributed by atoms with E-state index in [2.05, 4.69) is 15.5 Å². The summed E-state index contributed by atoms with van der Waals surface area (Å²) in [7, 11) is 1.37. The van der Waals surface area contributed by atoms with E-state index in [4.69, 9.17) is 4.74 Å². The lowest BCUT2D eigenvalue weighted by molar-refractivity contribution is -0.117. The van der Waals surface area contributed by atoms with Crippen molar-refractivity contribution in [2.75, 3.05) is 12.4 Å². The lowest BCUT2D eigenvalue weighted by Gasteiger charge is -2.20. The van der Waals surface area contributed by atoms with Crippen molar-refractivity contribution >= 4 is 40.1 Å². The lowest BCUT2D eigenvalue weighted by atomic mass is 9.86. The predicted molar refractivity (Wildman–Crippen MR) is 109 cm³/mol. The Hall–Kier alpha value is -1.93. The Bertz CT molecular complexity index is 853. The molecule has 0 spiro atoms. The molecule has 2 aromatic rings. The van der Waals surface area contributed by atoms with Crippen molar-refractivity contribution in [3.05, 3.63) is 35.4 Å². The molecule has 1 N–H and O–H groups in total. The molecule has 2 bridgehead atoms. The first kappa shape index (κ1) is 19.4. The van der Waals surface area contributed by atoms with Gasteiger partial charge in [0.15, 0.2) is 4.34 Å². The minimum Gasteiger partial charge on any atom is -0.465 e. The molecule has 0 aliphatic heterocycles. The van der Waals surface area contributed by atoms with Gasteiger partial charge in [0.25, 0.3) is 0 Å². The number of ether oxygens (including phenoxy) is 1. The molecule has 0 radical (unpaired) electrons. The zero-order valence-electron chi connectivity index (χ0n) is 15.7. The molecule has 2 aliphatic rings. The molecule has 2 fully saturated rings. The lowest BCUT2D eigenvalue weighted by Crippen LogP contribution is -2.20. The third kappa shape index (κ3) is 4.55. The highest BCUT2D eigenvalue weighted by Gasteiger charge is 2.40. The van der Waals surface area contributed by atoms with Gasteiger partial charge in [0.1, 0.15) is 0 Å². The highest BCUT2D eigenvalue weighted by molar-refractivity contribution is 8.00. The summed E-state index contributed by atoms with van der Waals surface area (Å²) in [6, 6.07) is 7.31. The van der Waals surface area contributed by atoms with Crippen LogP contribution in [0.5, 0.6) is 0 Å². The molecule has 0 unspecified atom stereocenters. The zero-order chi connectivity index (χ0) is 19.5. The van der Waals surface area contributed by atoms with Gasteiger partial charge in [0.05, 0.1) is 12.7 Å². The number of fused-ring (bicyclic) bond motifs is 2. The van der Waals surface area contributed by atoms with E-state index < -0.39 is 0 Å². The second-order valence-corrected chi connectivity index (χ2v) is 9.74. The maximum absolute atomic E-state index is 12.3. The second-order valence-electron chi connectivity index (χ2n) is 7.54. The molecule has 2 aliphatic carbocycles. The molecule has 28 heavy (non-hydrogen) atoms. The Labute approximate surface area is 172 Å². The Kier molecular flexibility index (Phi) is 5.96. The van der Waals surface area contributed by atoms with Gasteiger partial charge in [-0.25, -0.2) is 4.79 Å². The number of methoxy groups -OCH3 is 1. The van der Waals surface area contributed by atoms with E-state index in [0.717, 1.165) is 27.5 Å². The first-order valence-electron chi connectivity index (χ1n) is 9.54. The molecule has 2 saturated carbocycles. The monoisotopic (exact) mass is 417 g/mol. The first-order chi connectivity index (χ1) is 13.6. The van der Waals surface area contributed by atoms with Crippen LogP contribution in [0.2, 0.25) is 0 Å². The maximum Gasteiger partial charge on any atom is 0.337 e. The number of esters is 1. The molecule has 6 nitrogen and oxygen atoms in total. The van der Waals surface area contributed by atoms with Crippen LogP contribution >= 0.6 is 23.1 Å². The van der Waals surface area contributed by atoms with E-state index in [9.17, 15) is 9.59 Å². The minimum atomic E-state index is -0.339. The Morgan fingerprint density at radius 2 is 2.04 bits per heavy atom. The fraction of sp³-hybridized carbons (Fsp3) is 0.500. The summed E-state index contributed by atoms with van der Waals surface area (Å²) in [5.41, 5.74) is 1.61. The number of benzene rings is 1. The number of carbonyl (C=O) groups excluding carboxylic acids is 2. The van der Waals surface area contributed by atoms with Gasteiger partial charge in [-0.2, -0.15) is 0 Å². The van der Waals surface area contributed by atoms with Crippen LogP contribution in [0.1, 0.15) is 48.0 Å². The average molecular weight is 418 g/mol. The molecule has 1 amide bonds. The van der Waals surface area contributed by atoms with Gasteiger partial charge in [-0.3, -0.25) is 4.79 Å². The third-order valence-corrected chi connectivity index (χ3v) is 7.77. The number of thioether (sulfide) groups is 1. The maximum atomic E-state index is 12.3. The van der Waals surface area contributed by atoms with E-state index in [1.165, 1.54) is 44.1 Å². The van der Waals surface area contributed by atoms with E-state index in [0.29, 0.717) is 23.0 Å². The summed E-state index contributed by atoms with van der Waals surface area (Å²) in [4.78, 5) is 23.8. The first-order valence-corrected chi connectivity index (χ1v) is 11.3. The number of aromatic nitrogens is 2. The van der Waals surface area contributed by atoms with Crippen LogP contribution in [0.4, 0.5) is 5.13 Å². The van der Waals surface area contributed by atoms with Gasteiger partial charge in [0.2, 0.25) is 11.0 Å². The molecule has 1 aromatic carbocycles. The fourth-order valence-corrected chi connectivity index (χ4v) is 6.08. The Morgan fingerprint density at radius 3 is 2.71 bits per heavy atom. The number of hydrogen-bond donors (Lipinski definition) is 1. The number of amides is 1. The number of carbonyl (C=O) groups is 2. The Morgan fingerprint density at radius 1 is 1.21 bits per heavy atom. The third-order valence-electron chi connectivity index (χ3n) is 5.72. The number of nitrogens with zero attached hydrogens (tertiary/aromatic N) is 2. The van der Waals surface area contributed by atoms with Gasteiger partial charge < -0.3 is 10.1 Å². The van der Waals surface area contributed by atoms with Crippen molar-refractivity contribution in [3.63, 3.8) is 0 Å². The molecule has 3 atom stereocenters. The average Bonchev–Trinajstić information content (AvgIpc) is 3.43. The van der Waals surface area contributed by atoms with Crippen LogP contribution in [-0.4, -0.2) is 29.2 Å². The Balaban J connectivity index is 1.25. The van der Waals surface area contributed by atoms with Crippen LogP contribution < -0.4 is 5.32 Å². The molecule has 1 aromatic heterocycles. The minimum absolute atomic E-state index is 0.0589. The van der Waals surface area contributed by atoms with E-state index >= 15 is 0 Å². The topological polar surface area (TPSA) is 81.2 Å². The highest BCUT2D eigenvalue weighted by Crippen LogP contribution is 2.49. The predicted octanol–water partition coefficient (Wildman–Crippen LogP) is 4.38. The standard InChI is InChI=1S/C20H23N3O3S2/c1-26-18(25)14-5-2-12(3-6-14)11-27-20-23-22-19(28-20)21-17(24)10-16-9-13-4-7-15(16)8-13/h2-3,5-6,13,15-16H,4,7-11H2,1H3,(H,21,22,24)/t13-,15-,16-/m1/s1. The summed E-state index contributed by atoms with van der Waals surface area (Å²) in [5, 5.41) is 11.7. The van der Waals surface area contributed by atoms with Crippen LogP contribution in [0.15, 0.2) is 28.6 Å². The molecular formula is C20H23N3O3S2. The van der Waals surface area contributed by atoms with Crippen molar-refractivity contribution in [3.8, 4) is 0 Å². The summed E-state index contributed by atoms with van der Waals surface area (Å²) >= 11 is 2.96. The SMILES string of the molecule is COC(=O)c1ccc(CSc2nnc(NC(=O)C[C@H]3C[C@@H]4CC[C@@H]3C4)s2)cc1.